The van der Waals surface area contributed by atoms with Gasteiger partial charge < -0.3 is 20.4 Å². The van der Waals surface area contributed by atoms with Crippen LogP contribution in [0.15, 0.2) is 47.7 Å². The molecule has 0 aliphatic heterocycles. The van der Waals surface area contributed by atoms with E-state index in [1.807, 2.05) is 38.2 Å². The van der Waals surface area contributed by atoms with Gasteiger partial charge in [0, 0.05) is 49.5 Å². The van der Waals surface area contributed by atoms with Crippen molar-refractivity contribution in [3.63, 3.8) is 0 Å². The normalized spacial score (nSPS) is 11.8. The number of aromatic nitrogens is 2. The number of aliphatic imine (C=N–C) groups is 1. The number of guanidine groups is 1. The summed E-state index contributed by atoms with van der Waals surface area (Å²) in [7, 11) is 1.74. The molecule has 0 spiro atoms. The Kier molecular flexibility index (Phi) is 6.47. The summed E-state index contributed by atoms with van der Waals surface area (Å²) in [5.41, 5.74) is 3.00. The second-order valence-electron chi connectivity index (χ2n) is 6.78. The Morgan fingerprint density at radius 1 is 1.25 bits per heavy atom. The molecule has 3 rings (SSSR count). The first-order valence-electron chi connectivity index (χ1n) is 9.37. The first kappa shape index (κ1) is 19.7. The fraction of sp³-hybridized carbons (Fsp3) is 0.333. The van der Waals surface area contributed by atoms with Crippen LogP contribution in [0, 0.1) is 5.82 Å². The molecular weight excluding hydrogens is 357 g/mol. The fourth-order valence-electron chi connectivity index (χ4n) is 2.91. The number of halogens is 1. The number of H-pyrrole nitrogens is 1. The monoisotopic (exact) mass is 383 g/mol. The number of nitrogens with zero attached hydrogens (tertiary/aromatic N) is 2. The van der Waals surface area contributed by atoms with Crippen LogP contribution in [0.5, 0.6) is 5.88 Å². The van der Waals surface area contributed by atoms with Gasteiger partial charge in [-0.05, 0) is 49.6 Å². The van der Waals surface area contributed by atoms with E-state index in [-0.39, 0.29) is 11.9 Å². The van der Waals surface area contributed by atoms with Crippen molar-refractivity contribution in [3.8, 4) is 5.88 Å². The predicted molar refractivity (Wildman–Crippen MR) is 110 cm³/mol. The molecule has 2 aromatic heterocycles. The Balaban J connectivity index is 1.48. The van der Waals surface area contributed by atoms with E-state index >= 15 is 0 Å². The van der Waals surface area contributed by atoms with Gasteiger partial charge in [-0.15, -0.1) is 0 Å². The van der Waals surface area contributed by atoms with Crippen LogP contribution in [-0.4, -0.2) is 35.6 Å². The molecule has 28 heavy (non-hydrogen) atoms. The van der Waals surface area contributed by atoms with Crippen molar-refractivity contribution in [2.75, 3.05) is 13.6 Å². The molecule has 0 saturated heterocycles. The number of benzene rings is 1. The summed E-state index contributed by atoms with van der Waals surface area (Å²) in [4.78, 5) is 11.7. The molecule has 0 fully saturated rings. The Hall–Kier alpha value is -3.09. The highest BCUT2D eigenvalue weighted by molar-refractivity contribution is 5.83. The number of pyridine rings is 1. The van der Waals surface area contributed by atoms with E-state index in [2.05, 4.69) is 25.6 Å². The van der Waals surface area contributed by atoms with Gasteiger partial charge in [0.05, 0.1) is 6.10 Å². The maximum Gasteiger partial charge on any atom is 0.213 e. The third-order valence-corrected chi connectivity index (χ3v) is 4.25. The van der Waals surface area contributed by atoms with Crippen molar-refractivity contribution in [2.24, 2.45) is 4.99 Å². The lowest BCUT2D eigenvalue weighted by Gasteiger charge is -2.12. The Morgan fingerprint density at radius 2 is 2.11 bits per heavy atom. The zero-order valence-electron chi connectivity index (χ0n) is 16.4. The highest BCUT2D eigenvalue weighted by atomic mass is 19.1. The standard InChI is InChI=1S/C21H26FN5O/c1-14(2)28-20-7-4-15(11-26-20)12-27-21(23-3)24-9-8-16-13-25-19-10-17(22)5-6-18(16)19/h4-7,10-11,13-14,25H,8-9,12H2,1-3H3,(H2,23,24,27). The zero-order chi connectivity index (χ0) is 19.9. The summed E-state index contributed by atoms with van der Waals surface area (Å²) in [6.07, 6.45) is 4.63. The fourth-order valence-corrected chi connectivity index (χ4v) is 2.91. The first-order valence-corrected chi connectivity index (χ1v) is 9.37. The van der Waals surface area contributed by atoms with Crippen molar-refractivity contribution in [3.05, 3.63) is 59.7 Å². The molecule has 6 nitrogen and oxygen atoms in total. The minimum atomic E-state index is -0.234. The van der Waals surface area contributed by atoms with Crippen LogP contribution in [0.3, 0.4) is 0 Å². The second kappa shape index (κ2) is 9.21. The van der Waals surface area contributed by atoms with Crippen LogP contribution in [-0.2, 0) is 13.0 Å². The van der Waals surface area contributed by atoms with Gasteiger partial charge in [0.25, 0.3) is 0 Å². The molecule has 0 saturated carbocycles. The van der Waals surface area contributed by atoms with Crippen LogP contribution < -0.4 is 15.4 Å². The summed E-state index contributed by atoms with van der Waals surface area (Å²) in [6, 6.07) is 8.66. The molecule has 0 radical (unpaired) electrons. The number of nitrogens with one attached hydrogen (secondary N) is 3. The lowest BCUT2D eigenvalue weighted by molar-refractivity contribution is 0.232. The summed E-state index contributed by atoms with van der Waals surface area (Å²) >= 11 is 0. The average molecular weight is 383 g/mol. The topological polar surface area (TPSA) is 74.3 Å². The lowest BCUT2D eigenvalue weighted by atomic mass is 10.1. The Bertz CT molecular complexity index is 934. The third kappa shape index (κ3) is 5.22. The number of hydrogen-bond donors (Lipinski definition) is 3. The third-order valence-electron chi connectivity index (χ3n) is 4.25. The van der Waals surface area contributed by atoms with E-state index in [4.69, 9.17) is 4.74 Å². The molecule has 7 heteroatoms. The Labute approximate surface area is 164 Å². The molecule has 0 amide bonds. The van der Waals surface area contributed by atoms with Gasteiger partial charge in [-0.25, -0.2) is 9.37 Å². The first-order chi connectivity index (χ1) is 13.5. The Morgan fingerprint density at radius 3 is 2.82 bits per heavy atom. The van der Waals surface area contributed by atoms with Crippen LogP contribution in [0.1, 0.15) is 25.0 Å². The van der Waals surface area contributed by atoms with E-state index in [0.29, 0.717) is 24.9 Å². The molecule has 0 aliphatic carbocycles. The zero-order valence-corrected chi connectivity index (χ0v) is 16.4. The quantitative estimate of drug-likeness (QED) is 0.432. The maximum atomic E-state index is 13.3. The van der Waals surface area contributed by atoms with Crippen LogP contribution in [0.25, 0.3) is 10.9 Å². The van der Waals surface area contributed by atoms with Crippen LogP contribution >= 0.6 is 0 Å². The SMILES string of the molecule is CN=C(NCCc1c[nH]c2cc(F)ccc12)NCc1ccc(OC(C)C)nc1. The van der Waals surface area contributed by atoms with E-state index in [0.717, 1.165) is 28.5 Å². The van der Waals surface area contributed by atoms with Crippen LogP contribution in [0.2, 0.25) is 0 Å². The number of rotatable bonds is 7. The van der Waals surface area contributed by atoms with Crippen molar-refractivity contribution >= 4 is 16.9 Å². The molecule has 0 unspecified atom stereocenters. The molecule has 148 valence electrons. The van der Waals surface area contributed by atoms with E-state index in [1.54, 1.807) is 13.2 Å². The molecule has 0 bridgehead atoms. The van der Waals surface area contributed by atoms with Gasteiger partial charge in [-0.2, -0.15) is 0 Å². The number of ether oxygens (including phenoxy) is 1. The molecule has 0 aliphatic rings. The van der Waals surface area contributed by atoms with E-state index in [1.165, 1.54) is 12.1 Å². The van der Waals surface area contributed by atoms with E-state index < -0.39 is 0 Å². The van der Waals surface area contributed by atoms with Crippen molar-refractivity contribution < 1.29 is 9.13 Å². The second-order valence-corrected chi connectivity index (χ2v) is 6.78. The van der Waals surface area contributed by atoms with Crippen molar-refractivity contribution in [1.82, 2.24) is 20.6 Å². The predicted octanol–water partition coefficient (Wildman–Crippen LogP) is 3.40. The highest BCUT2D eigenvalue weighted by Crippen LogP contribution is 2.19. The molecule has 3 N–H and O–H groups in total. The summed E-state index contributed by atoms with van der Waals surface area (Å²) in [5, 5.41) is 7.61. The number of hydrogen-bond acceptors (Lipinski definition) is 3. The average Bonchev–Trinajstić information content (AvgIpc) is 3.07. The summed E-state index contributed by atoms with van der Waals surface area (Å²) < 4.78 is 18.8. The van der Waals surface area contributed by atoms with Crippen molar-refractivity contribution in [2.45, 2.75) is 32.9 Å². The van der Waals surface area contributed by atoms with E-state index in [9.17, 15) is 4.39 Å². The number of fused-ring (bicyclic) bond motifs is 1. The molecule has 3 aromatic rings. The summed E-state index contributed by atoms with van der Waals surface area (Å²) in [6.45, 7) is 5.27. The van der Waals surface area contributed by atoms with Gasteiger partial charge in [0.1, 0.15) is 5.82 Å². The van der Waals surface area contributed by atoms with Gasteiger partial charge >= 0.3 is 0 Å². The van der Waals surface area contributed by atoms with Gasteiger partial charge in [-0.3, -0.25) is 4.99 Å². The highest BCUT2D eigenvalue weighted by Gasteiger charge is 2.06. The van der Waals surface area contributed by atoms with Gasteiger partial charge in [0.2, 0.25) is 5.88 Å². The minimum Gasteiger partial charge on any atom is -0.475 e. The maximum absolute atomic E-state index is 13.3. The minimum absolute atomic E-state index is 0.107. The molecule has 2 heterocycles. The lowest BCUT2D eigenvalue weighted by Crippen LogP contribution is -2.37. The molecular formula is C21H26FN5O. The largest absolute Gasteiger partial charge is 0.475 e. The van der Waals surface area contributed by atoms with Crippen molar-refractivity contribution in [1.29, 1.82) is 0 Å². The smallest absolute Gasteiger partial charge is 0.213 e. The van der Waals surface area contributed by atoms with Gasteiger partial charge in [0.15, 0.2) is 5.96 Å². The van der Waals surface area contributed by atoms with Crippen LogP contribution in [0.4, 0.5) is 4.39 Å². The molecule has 0 atom stereocenters. The number of aromatic amines is 1. The molecule has 1 aromatic carbocycles. The van der Waals surface area contributed by atoms with Gasteiger partial charge in [-0.1, -0.05) is 6.07 Å². The summed E-state index contributed by atoms with van der Waals surface area (Å²) in [5.74, 6) is 1.11.